The highest BCUT2D eigenvalue weighted by Gasteiger charge is 2.06. The maximum atomic E-state index is 5.31. The van der Waals surface area contributed by atoms with Gasteiger partial charge in [-0.25, -0.2) is 4.98 Å². The lowest BCUT2D eigenvalue weighted by molar-refractivity contribution is 0.507. The first-order valence-electron chi connectivity index (χ1n) is 7.29. The number of nitrogens with one attached hydrogen (secondary N) is 2. The molecule has 0 amide bonds. The average Bonchev–Trinajstić information content (AvgIpc) is 3.04. The molecule has 0 bridgehead atoms. The molecule has 0 aliphatic carbocycles. The molecule has 6 nitrogen and oxygen atoms in total. The van der Waals surface area contributed by atoms with Crippen LogP contribution in [-0.4, -0.2) is 38.6 Å². The Kier molecular flexibility index (Phi) is 8.46. The number of hydrogen-bond donors (Lipinski definition) is 2. The molecule has 0 radical (unpaired) electrons. The summed E-state index contributed by atoms with van der Waals surface area (Å²) in [5.41, 5.74) is 1.13. The molecule has 2 rings (SSSR count). The fourth-order valence-electron chi connectivity index (χ4n) is 2.13. The summed E-state index contributed by atoms with van der Waals surface area (Å²) in [5.74, 6) is 2.69. The third-order valence-corrected chi connectivity index (χ3v) is 3.20. The van der Waals surface area contributed by atoms with Crippen molar-refractivity contribution >= 4 is 35.8 Å². The van der Waals surface area contributed by atoms with E-state index in [4.69, 9.17) is 4.42 Å². The molecule has 0 atom stereocenters. The number of pyridine rings is 1. The molecule has 0 aliphatic rings. The van der Waals surface area contributed by atoms with Crippen molar-refractivity contribution in [2.75, 3.05) is 32.6 Å². The van der Waals surface area contributed by atoms with Crippen LogP contribution < -0.4 is 15.5 Å². The van der Waals surface area contributed by atoms with Crippen LogP contribution in [-0.2, 0) is 13.0 Å². The Morgan fingerprint density at radius 2 is 2.09 bits per heavy atom. The predicted octanol–water partition coefficient (Wildman–Crippen LogP) is 2.27. The minimum absolute atomic E-state index is 0. The Morgan fingerprint density at radius 1 is 1.26 bits per heavy atom. The predicted molar refractivity (Wildman–Crippen MR) is 105 cm³/mol. The Morgan fingerprint density at radius 3 is 2.74 bits per heavy atom. The zero-order chi connectivity index (χ0) is 15.8. The highest BCUT2D eigenvalue weighted by atomic mass is 127. The summed E-state index contributed by atoms with van der Waals surface area (Å²) in [6, 6.07) is 7.87. The first-order valence-corrected chi connectivity index (χ1v) is 7.29. The van der Waals surface area contributed by atoms with Gasteiger partial charge in [-0.1, -0.05) is 6.07 Å². The smallest absolute Gasteiger partial charge is 0.191 e. The van der Waals surface area contributed by atoms with Crippen LogP contribution in [0.1, 0.15) is 11.3 Å². The fraction of sp³-hybridized carbons (Fsp3) is 0.375. The molecule has 0 aliphatic heterocycles. The minimum Gasteiger partial charge on any atom is -0.469 e. The highest BCUT2D eigenvalue weighted by molar-refractivity contribution is 14.0. The van der Waals surface area contributed by atoms with E-state index in [0.717, 1.165) is 36.1 Å². The summed E-state index contributed by atoms with van der Waals surface area (Å²) in [7, 11) is 5.74. The third kappa shape index (κ3) is 6.09. The monoisotopic (exact) mass is 429 g/mol. The van der Waals surface area contributed by atoms with Crippen LogP contribution in [0.5, 0.6) is 0 Å². The molecule has 0 fully saturated rings. The summed E-state index contributed by atoms with van der Waals surface area (Å²) in [6.07, 6.45) is 4.31. The minimum atomic E-state index is 0. The first kappa shape index (κ1) is 19.3. The normalized spacial score (nSPS) is 10.8. The Bertz CT molecular complexity index is 598. The Hall–Kier alpha value is -1.77. The fourth-order valence-corrected chi connectivity index (χ4v) is 2.13. The molecule has 7 heteroatoms. The number of rotatable bonds is 6. The third-order valence-electron chi connectivity index (χ3n) is 3.20. The van der Waals surface area contributed by atoms with E-state index in [-0.39, 0.29) is 24.0 Å². The largest absolute Gasteiger partial charge is 0.469 e. The number of aliphatic imine (C=N–C) groups is 1. The summed E-state index contributed by atoms with van der Waals surface area (Å²) < 4.78 is 5.31. The van der Waals surface area contributed by atoms with Gasteiger partial charge in [0.05, 0.1) is 6.26 Å². The van der Waals surface area contributed by atoms with Crippen molar-refractivity contribution in [3.05, 3.63) is 48.0 Å². The quantitative estimate of drug-likeness (QED) is 0.419. The van der Waals surface area contributed by atoms with Crippen LogP contribution >= 0.6 is 24.0 Å². The molecule has 2 N–H and O–H groups in total. The molecule has 0 saturated heterocycles. The number of halogens is 1. The van der Waals surface area contributed by atoms with Crippen molar-refractivity contribution < 1.29 is 4.42 Å². The van der Waals surface area contributed by atoms with Gasteiger partial charge in [0.15, 0.2) is 5.96 Å². The Balaban J connectivity index is 0.00000264. The molecule has 0 saturated carbocycles. The molecule has 0 unspecified atom stereocenters. The number of furan rings is 1. The lowest BCUT2D eigenvalue weighted by Gasteiger charge is -2.17. The van der Waals surface area contributed by atoms with Gasteiger partial charge in [0.2, 0.25) is 0 Å². The van der Waals surface area contributed by atoms with Crippen LogP contribution in [0.15, 0.2) is 46.1 Å². The van der Waals surface area contributed by atoms with Gasteiger partial charge in [-0.15, -0.1) is 24.0 Å². The van der Waals surface area contributed by atoms with Gasteiger partial charge in [0, 0.05) is 52.4 Å². The van der Waals surface area contributed by atoms with Gasteiger partial charge in [0.1, 0.15) is 11.6 Å². The van der Waals surface area contributed by atoms with Crippen LogP contribution in [0.25, 0.3) is 0 Å². The number of anilines is 1. The Labute approximate surface area is 154 Å². The maximum absolute atomic E-state index is 5.31. The van der Waals surface area contributed by atoms with Crippen molar-refractivity contribution in [2.45, 2.75) is 13.0 Å². The van der Waals surface area contributed by atoms with Crippen LogP contribution in [0.2, 0.25) is 0 Å². The van der Waals surface area contributed by atoms with Crippen molar-refractivity contribution in [2.24, 2.45) is 4.99 Å². The maximum Gasteiger partial charge on any atom is 0.191 e. The van der Waals surface area contributed by atoms with Gasteiger partial charge >= 0.3 is 0 Å². The second kappa shape index (κ2) is 10.1. The van der Waals surface area contributed by atoms with Crippen LogP contribution in [0, 0.1) is 0 Å². The van der Waals surface area contributed by atoms with Gasteiger partial charge in [-0.2, -0.15) is 0 Å². The second-order valence-corrected chi connectivity index (χ2v) is 5.06. The van der Waals surface area contributed by atoms with Gasteiger partial charge in [0.25, 0.3) is 0 Å². The number of nitrogens with zero attached hydrogens (tertiary/aromatic N) is 3. The van der Waals surface area contributed by atoms with Gasteiger partial charge in [-0.05, 0) is 18.2 Å². The standard InChI is InChI=1S/C16H23N5O.HI/c1-17-16(19-10-8-14-7-5-11-22-14)20-12-13-6-4-9-18-15(13)21(2)3;/h4-7,9,11H,8,10,12H2,1-3H3,(H2,17,19,20);1H. The molecule has 126 valence electrons. The molecule has 23 heavy (non-hydrogen) atoms. The number of aromatic nitrogens is 1. The van der Waals surface area contributed by atoms with Crippen LogP contribution in [0.4, 0.5) is 5.82 Å². The van der Waals surface area contributed by atoms with E-state index in [0.29, 0.717) is 6.54 Å². The van der Waals surface area contributed by atoms with E-state index in [9.17, 15) is 0 Å². The molecule has 2 heterocycles. The van der Waals surface area contributed by atoms with Gasteiger partial charge in [-0.3, -0.25) is 4.99 Å². The van der Waals surface area contributed by atoms with E-state index in [1.807, 2.05) is 37.2 Å². The summed E-state index contributed by atoms with van der Waals surface area (Å²) in [4.78, 5) is 10.6. The molecular weight excluding hydrogens is 405 g/mol. The van der Waals surface area contributed by atoms with Crippen molar-refractivity contribution in [1.29, 1.82) is 0 Å². The first-order chi connectivity index (χ1) is 10.7. The zero-order valence-corrected chi connectivity index (χ0v) is 16.1. The molecule has 2 aromatic heterocycles. The number of guanidine groups is 1. The molecule has 0 spiro atoms. The van der Waals surface area contributed by atoms with E-state index in [1.165, 1.54) is 0 Å². The molecule has 0 aromatic carbocycles. The van der Waals surface area contributed by atoms with E-state index in [1.54, 1.807) is 19.5 Å². The molecule has 2 aromatic rings. The van der Waals surface area contributed by atoms with Gasteiger partial charge < -0.3 is 20.0 Å². The average molecular weight is 429 g/mol. The highest BCUT2D eigenvalue weighted by Crippen LogP contribution is 2.13. The van der Waals surface area contributed by atoms with E-state index >= 15 is 0 Å². The lowest BCUT2D eigenvalue weighted by atomic mass is 10.2. The van der Waals surface area contributed by atoms with Crippen molar-refractivity contribution in [1.82, 2.24) is 15.6 Å². The van der Waals surface area contributed by atoms with E-state index in [2.05, 4.69) is 26.7 Å². The SMILES string of the molecule is CN=C(NCCc1ccco1)NCc1cccnc1N(C)C.I. The number of hydrogen-bond acceptors (Lipinski definition) is 4. The molecular formula is C16H24IN5O. The lowest BCUT2D eigenvalue weighted by Crippen LogP contribution is -2.38. The topological polar surface area (TPSA) is 65.7 Å². The van der Waals surface area contributed by atoms with Crippen molar-refractivity contribution in [3.8, 4) is 0 Å². The summed E-state index contributed by atoms with van der Waals surface area (Å²) in [5, 5.41) is 6.57. The van der Waals surface area contributed by atoms with E-state index < -0.39 is 0 Å². The summed E-state index contributed by atoms with van der Waals surface area (Å²) >= 11 is 0. The van der Waals surface area contributed by atoms with Crippen LogP contribution in [0.3, 0.4) is 0 Å². The zero-order valence-electron chi connectivity index (χ0n) is 13.7. The second-order valence-electron chi connectivity index (χ2n) is 5.06. The van der Waals surface area contributed by atoms with Crippen molar-refractivity contribution in [3.63, 3.8) is 0 Å². The summed E-state index contributed by atoms with van der Waals surface area (Å²) in [6.45, 7) is 1.43.